The van der Waals surface area contributed by atoms with Crippen molar-refractivity contribution in [3.05, 3.63) is 39.2 Å². The highest BCUT2D eigenvalue weighted by atomic mass is 16.5. The van der Waals surface area contributed by atoms with E-state index in [2.05, 4.69) is 12.1 Å². The zero-order valence-corrected chi connectivity index (χ0v) is 17.3. The van der Waals surface area contributed by atoms with E-state index in [4.69, 9.17) is 4.74 Å². The monoisotopic (exact) mass is 370 g/mol. The average Bonchev–Trinajstić information content (AvgIpc) is 2.73. The van der Waals surface area contributed by atoms with Gasteiger partial charge in [0.05, 0.1) is 5.41 Å². The van der Waals surface area contributed by atoms with Gasteiger partial charge in [-0.05, 0) is 77.5 Å². The number of hydrogen-bond donors (Lipinski definition) is 0. The highest BCUT2D eigenvalue weighted by molar-refractivity contribution is 5.82. The molecule has 0 fully saturated rings. The van der Waals surface area contributed by atoms with Gasteiger partial charge in [-0.2, -0.15) is 0 Å². The Bertz CT molecular complexity index is 919. The van der Waals surface area contributed by atoms with Gasteiger partial charge in [-0.25, -0.2) is 4.68 Å². The number of rotatable bonds is 2. The van der Waals surface area contributed by atoms with Gasteiger partial charge in [0.1, 0.15) is 5.56 Å². The van der Waals surface area contributed by atoms with E-state index in [0.29, 0.717) is 24.5 Å². The lowest BCUT2D eigenvalue weighted by Gasteiger charge is -2.19. The van der Waals surface area contributed by atoms with E-state index in [-0.39, 0.29) is 11.5 Å². The number of aromatic nitrogens is 2. The smallest absolute Gasteiger partial charge is 0.317 e. The van der Waals surface area contributed by atoms with Gasteiger partial charge >= 0.3 is 5.97 Å². The Balaban J connectivity index is 2.28. The van der Waals surface area contributed by atoms with Crippen molar-refractivity contribution in [2.24, 2.45) is 5.41 Å². The highest BCUT2D eigenvalue weighted by Crippen LogP contribution is 2.35. The first-order valence-electron chi connectivity index (χ1n) is 9.75. The predicted molar refractivity (Wildman–Crippen MR) is 107 cm³/mol. The summed E-state index contributed by atoms with van der Waals surface area (Å²) in [5.74, 6) is 0.0770. The molecule has 0 saturated heterocycles. The first-order chi connectivity index (χ1) is 12.6. The summed E-state index contributed by atoms with van der Waals surface area (Å²) in [5, 5.41) is 0. The minimum atomic E-state index is -0.641. The van der Waals surface area contributed by atoms with Crippen LogP contribution in [0.4, 0.5) is 0 Å². The predicted octanol–water partition coefficient (Wildman–Crippen LogP) is 4.38. The molecule has 1 aromatic heterocycles. The Morgan fingerprint density at radius 1 is 0.926 bits per heavy atom. The molecule has 0 radical (unpaired) electrons. The SMILES string of the molecule is Cc1cc(C)c(-c2c(OC(=O)C(C)(C)C)n3n(c2=O)CCCCC3)c(C)c1. The molecule has 5 nitrogen and oxygen atoms in total. The van der Waals surface area contributed by atoms with Crippen molar-refractivity contribution < 1.29 is 9.53 Å². The third kappa shape index (κ3) is 3.60. The third-order valence-corrected chi connectivity index (χ3v) is 5.16. The molecule has 0 aliphatic carbocycles. The number of hydrogen-bond acceptors (Lipinski definition) is 3. The minimum Gasteiger partial charge on any atom is -0.407 e. The molecule has 1 aliphatic heterocycles. The van der Waals surface area contributed by atoms with E-state index in [9.17, 15) is 9.59 Å². The number of nitrogens with zero attached hydrogens (tertiary/aromatic N) is 2. The normalized spacial score (nSPS) is 14.6. The van der Waals surface area contributed by atoms with Gasteiger partial charge in [0.15, 0.2) is 0 Å². The molecule has 0 N–H and O–H groups in total. The maximum atomic E-state index is 13.4. The molecule has 0 saturated carbocycles. The first kappa shape index (κ1) is 19.5. The zero-order chi connectivity index (χ0) is 19.9. The Labute approximate surface area is 160 Å². The van der Waals surface area contributed by atoms with E-state index in [1.165, 1.54) is 0 Å². The van der Waals surface area contributed by atoms with Crippen LogP contribution >= 0.6 is 0 Å². The van der Waals surface area contributed by atoms with E-state index in [1.54, 1.807) is 4.68 Å². The van der Waals surface area contributed by atoms with Crippen LogP contribution in [0.3, 0.4) is 0 Å². The van der Waals surface area contributed by atoms with Crippen LogP contribution in [0.5, 0.6) is 5.88 Å². The highest BCUT2D eigenvalue weighted by Gasteiger charge is 2.31. The third-order valence-electron chi connectivity index (χ3n) is 5.16. The summed E-state index contributed by atoms with van der Waals surface area (Å²) < 4.78 is 9.52. The van der Waals surface area contributed by atoms with Gasteiger partial charge in [0.2, 0.25) is 5.88 Å². The number of esters is 1. The lowest BCUT2D eigenvalue weighted by Crippen LogP contribution is -2.27. The van der Waals surface area contributed by atoms with E-state index < -0.39 is 5.41 Å². The first-order valence-corrected chi connectivity index (χ1v) is 9.75. The second-order valence-electron chi connectivity index (χ2n) is 8.71. The summed E-state index contributed by atoms with van der Waals surface area (Å²) in [6.07, 6.45) is 3.00. The molecule has 0 unspecified atom stereocenters. The van der Waals surface area contributed by atoms with Crippen LogP contribution in [-0.4, -0.2) is 15.3 Å². The van der Waals surface area contributed by atoms with Crippen LogP contribution in [0.25, 0.3) is 11.1 Å². The van der Waals surface area contributed by atoms with Gasteiger partial charge < -0.3 is 4.74 Å². The Kier molecular flexibility index (Phi) is 5.06. The topological polar surface area (TPSA) is 53.2 Å². The number of aryl methyl sites for hydroxylation is 3. The van der Waals surface area contributed by atoms with Gasteiger partial charge in [-0.3, -0.25) is 14.3 Å². The molecule has 1 aliphatic rings. The molecule has 146 valence electrons. The Morgan fingerprint density at radius 2 is 1.48 bits per heavy atom. The fraction of sp³-hybridized carbons (Fsp3) is 0.545. The standard InChI is InChI=1S/C22H30N2O3/c1-14-12-15(2)17(16(3)13-14)18-19(25)23-10-8-7-9-11-24(23)20(18)27-21(26)22(4,5)6/h12-13H,7-11H2,1-6H3. The van der Waals surface area contributed by atoms with Crippen molar-refractivity contribution >= 4 is 5.97 Å². The summed E-state index contributed by atoms with van der Waals surface area (Å²) >= 11 is 0. The van der Waals surface area contributed by atoms with E-state index >= 15 is 0 Å². The zero-order valence-electron chi connectivity index (χ0n) is 17.3. The Hall–Kier alpha value is -2.30. The van der Waals surface area contributed by atoms with Crippen molar-refractivity contribution in [3.8, 4) is 17.0 Å². The van der Waals surface area contributed by atoms with Crippen LogP contribution in [0, 0.1) is 26.2 Å². The molecule has 2 heterocycles. The van der Waals surface area contributed by atoms with E-state index in [0.717, 1.165) is 41.5 Å². The van der Waals surface area contributed by atoms with Gasteiger partial charge in [-0.1, -0.05) is 17.7 Å². The summed E-state index contributed by atoms with van der Waals surface area (Å²) in [6, 6.07) is 4.15. The van der Waals surface area contributed by atoms with Crippen LogP contribution in [-0.2, 0) is 17.9 Å². The maximum Gasteiger partial charge on any atom is 0.317 e. The Morgan fingerprint density at radius 3 is 2.04 bits per heavy atom. The lowest BCUT2D eigenvalue weighted by atomic mass is 9.95. The molecule has 2 aromatic rings. The summed E-state index contributed by atoms with van der Waals surface area (Å²) in [7, 11) is 0. The summed E-state index contributed by atoms with van der Waals surface area (Å²) in [4.78, 5) is 26.0. The summed E-state index contributed by atoms with van der Waals surface area (Å²) in [5.41, 5.74) is 3.90. The number of fused-ring (bicyclic) bond motifs is 1. The van der Waals surface area contributed by atoms with Crippen LogP contribution in [0.15, 0.2) is 16.9 Å². The molecule has 5 heteroatoms. The molecule has 0 atom stereocenters. The number of benzene rings is 1. The molecule has 0 amide bonds. The largest absolute Gasteiger partial charge is 0.407 e. The van der Waals surface area contributed by atoms with Crippen molar-refractivity contribution in [2.75, 3.05) is 0 Å². The number of carbonyl (C=O) groups excluding carboxylic acids is 1. The second kappa shape index (κ2) is 7.02. The number of ether oxygens (including phenoxy) is 1. The van der Waals surface area contributed by atoms with Crippen molar-refractivity contribution in [3.63, 3.8) is 0 Å². The quantitative estimate of drug-likeness (QED) is 0.737. The molecule has 0 bridgehead atoms. The number of carbonyl (C=O) groups is 1. The molecule has 27 heavy (non-hydrogen) atoms. The molecule has 1 aromatic carbocycles. The molecular weight excluding hydrogens is 340 g/mol. The lowest BCUT2D eigenvalue weighted by molar-refractivity contribution is -0.143. The fourth-order valence-electron chi connectivity index (χ4n) is 3.85. The average molecular weight is 370 g/mol. The van der Waals surface area contributed by atoms with Crippen LogP contribution in [0.1, 0.15) is 56.7 Å². The molecule has 0 spiro atoms. The molecular formula is C22H30N2O3. The van der Waals surface area contributed by atoms with Gasteiger partial charge in [-0.15, -0.1) is 0 Å². The van der Waals surface area contributed by atoms with Crippen molar-refractivity contribution in [1.29, 1.82) is 0 Å². The fourth-order valence-corrected chi connectivity index (χ4v) is 3.85. The van der Waals surface area contributed by atoms with E-state index in [1.807, 2.05) is 46.2 Å². The molecule has 3 rings (SSSR count). The second-order valence-corrected chi connectivity index (χ2v) is 8.71. The van der Waals surface area contributed by atoms with Gasteiger partial charge in [0.25, 0.3) is 5.56 Å². The van der Waals surface area contributed by atoms with Crippen molar-refractivity contribution in [1.82, 2.24) is 9.36 Å². The van der Waals surface area contributed by atoms with Crippen LogP contribution in [0.2, 0.25) is 0 Å². The van der Waals surface area contributed by atoms with Gasteiger partial charge in [0, 0.05) is 13.1 Å². The van der Waals surface area contributed by atoms with Crippen molar-refractivity contribution in [2.45, 2.75) is 73.9 Å². The minimum absolute atomic E-state index is 0.0661. The summed E-state index contributed by atoms with van der Waals surface area (Å²) in [6.45, 7) is 12.9. The van der Waals surface area contributed by atoms with Crippen LogP contribution < -0.4 is 10.3 Å². The maximum absolute atomic E-state index is 13.4.